The molecule has 1 aromatic carbocycles. The highest BCUT2D eigenvalue weighted by Crippen LogP contribution is 2.29. The molecule has 0 atom stereocenters. The number of benzene rings is 1. The predicted molar refractivity (Wildman–Crippen MR) is 48.1 cm³/mol. The number of methoxy groups -OCH3 is 1. The zero-order valence-electron chi connectivity index (χ0n) is 8.48. The summed E-state index contributed by atoms with van der Waals surface area (Å²) in [5, 5.41) is 0. The molecule has 0 radical (unpaired) electrons. The molecule has 6 heteroatoms. The Kier molecular flexibility index (Phi) is 3.21. The van der Waals surface area contributed by atoms with E-state index in [1.807, 2.05) is 0 Å². The zero-order valence-corrected chi connectivity index (χ0v) is 8.48. The molecule has 0 aliphatic rings. The molecular weight excluding hydrogens is 228 g/mol. The third kappa shape index (κ3) is 2.32. The molecule has 0 saturated carbocycles. The van der Waals surface area contributed by atoms with Gasteiger partial charge in [0, 0.05) is 0 Å². The summed E-state index contributed by atoms with van der Waals surface area (Å²) in [6.45, 7) is 1.36. The van der Waals surface area contributed by atoms with Crippen LogP contribution in [-0.2, 0) is 0 Å². The number of hydrogen-bond donors (Lipinski definition) is 0. The summed E-state index contributed by atoms with van der Waals surface area (Å²) in [7, 11) is 1.11. The van der Waals surface area contributed by atoms with Gasteiger partial charge in [0.05, 0.1) is 12.7 Å². The maximum absolute atomic E-state index is 13.1. The van der Waals surface area contributed by atoms with E-state index in [0.717, 1.165) is 13.2 Å². The molecule has 0 unspecified atom stereocenters. The molecule has 0 spiro atoms. The lowest BCUT2D eigenvalue weighted by Crippen LogP contribution is -2.23. The minimum atomic E-state index is -5.05. The molecule has 0 fully saturated rings. The highest BCUT2D eigenvalue weighted by molar-refractivity contribution is 6.02. The van der Waals surface area contributed by atoms with E-state index in [0.29, 0.717) is 6.07 Å². The second-order valence-electron chi connectivity index (χ2n) is 3.13. The molecule has 88 valence electrons. The van der Waals surface area contributed by atoms with Gasteiger partial charge < -0.3 is 4.74 Å². The predicted octanol–water partition coefficient (Wildman–Crippen LogP) is 2.89. The smallest absolute Gasteiger partial charge is 0.455 e. The van der Waals surface area contributed by atoms with Crippen LogP contribution < -0.4 is 4.74 Å². The molecule has 0 saturated heterocycles. The molecule has 0 aliphatic carbocycles. The first-order valence-electron chi connectivity index (χ1n) is 4.23. The quantitative estimate of drug-likeness (QED) is 0.583. The number of ether oxygens (including phenoxy) is 1. The van der Waals surface area contributed by atoms with Crippen LogP contribution in [0.4, 0.5) is 17.6 Å². The van der Waals surface area contributed by atoms with E-state index in [2.05, 4.69) is 4.74 Å². The van der Waals surface area contributed by atoms with Crippen molar-refractivity contribution in [2.45, 2.75) is 13.1 Å². The Bertz CT molecular complexity index is 424. The van der Waals surface area contributed by atoms with Crippen LogP contribution in [0.2, 0.25) is 0 Å². The molecule has 0 aromatic heterocycles. The van der Waals surface area contributed by atoms with E-state index in [9.17, 15) is 22.4 Å². The van der Waals surface area contributed by atoms with Crippen LogP contribution in [0.5, 0.6) is 5.75 Å². The van der Waals surface area contributed by atoms with Crippen LogP contribution in [0.3, 0.4) is 0 Å². The molecule has 1 rings (SSSR count). The first-order chi connectivity index (χ1) is 7.27. The summed E-state index contributed by atoms with van der Waals surface area (Å²) >= 11 is 0. The van der Waals surface area contributed by atoms with Gasteiger partial charge in [0.25, 0.3) is 5.78 Å². The van der Waals surface area contributed by atoms with Crippen LogP contribution in [0.15, 0.2) is 12.1 Å². The van der Waals surface area contributed by atoms with Crippen molar-refractivity contribution < 1.29 is 27.1 Å². The number of halogens is 4. The second-order valence-corrected chi connectivity index (χ2v) is 3.13. The van der Waals surface area contributed by atoms with Gasteiger partial charge in [-0.15, -0.1) is 0 Å². The van der Waals surface area contributed by atoms with Crippen molar-refractivity contribution in [1.82, 2.24) is 0 Å². The topological polar surface area (TPSA) is 26.3 Å². The monoisotopic (exact) mass is 236 g/mol. The van der Waals surface area contributed by atoms with Crippen molar-refractivity contribution in [2.75, 3.05) is 7.11 Å². The average Bonchev–Trinajstić information content (AvgIpc) is 2.19. The lowest BCUT2D eigenvalue weighted by Gasteiger charge is -2.11. The standard InChI is InChI=1S/C10H8F4O2/c1-5-3-8(16-2)6(4-7(5)11)9(15)10(12,13)14/h3-4H,1-2H3. The molecule has 0 amide bonds. The van der Waals surface area contributed by atoms with Gasteiger partial charge in [-0.1, -0.05) is 0 Å². The number of alkyl halides is 3. The number of hydrogen-bond acceptors (Lipinski definition) is 2. The maximum Gasteiger partial charge on any atom is 0.455 e. The van der Waals surface area contributed by atoms with Gasteiger partial charge in [-0.2, -0.15) is 13.2 Å². The van der Waals surface area contributed by atoms with Crippen molar-refractivity contribution in [3.8, 4) is 5.75 Å². The zero-order chi connectivity index (χ0) is 12.5. The molecular formula is C10H8F4O2. The van der Waals surface area contributed by atoms with E-state index in [4.69, 9.17) is 0 Å². The lowest BCUT2D eigenvalue weighted by molar-refractivity contribution is -0.0886. The largest absolute Gasteiger partial charge is 0.496 e. The van der Waals surface area contributed by atoms with Gasteiger partial charge in [0.2, 0.25) is 0 Å². The Labute approximate surface area is 88.8 Å². The molecule has 0 N–H and O–H groups in total. The van der Waals surface area contributed by atoms with E-state index in [-0.39, 0.29) is 11.3 Å². The third-order valence-electron chi connectivity index (χ3n) is 1.98. The summed E-state index contributed by atoms with van der Waals surface area (Å²) < 4.78 is 54.1. The Hall–Kier alpha value is -1.59. The van der Waals surface area contributed by atoms with Crippen LogP contribution in [-0.4, -0.2) is 19.1 Å². The summed E-state index contributed by atoms with van der Waals surface area (Å²) in [6, 6.07) is 1.58. The summed E-state index contributed by atoms with van der Waals surface area (Å²) in [5.41, 5.74) is -0.714. The van der Waals surface area contributed by atoms with Gasteiger partial charge in [-0.05, 0) is 24.6 Å². The highest BCUT2D eigenvalue weighted by atomic mass is 19.4. The number of ketones is 1. The van der Waals surface area contributed by atoms with Gasteiger partial charge in [0.15, 0.2) is 0 Å². The van der Waals surface area contributed by atoms with E-state index >= 15 is 0 Å². The fourth-order valence-corrected chi connectivity index (χ4v) is 1.15. The van der Waals surface area contributed by atoms with Crippen molar-refractivity contribution in [1.29, 1.82) is 0 Å². The van der Waals surface area contributed by atoms with E-state index in [1.165, 1.54) is 6.92 Å². The Morgan fingerprint density at radius 1 is 1.31 bits per heavy atom. The Balaban J connectivity index is 3.33. The van der Waals surface area contributed by atoms with Crippen LogP contribution in [0.1, 0.15) is 15.9 Å². The fraction of sp³-hybridized carbons (Fsp3) is 0.300. The average molecular weight is 236 g/mol. The summed E-state index contributed by atoms with van der Waals surface area (Å²) in [6.07, 6.45) is -5.05. The van der Waals surface area contributed by atoms with Gasteiger partial charge in [0.1, 0.15) is 11.6 Å². The first-order valence-corrected chi connectivity index (χ1v) is 4.23. The number of carbonyl (C=O) groups excluding carboxylic acids is 1. The van der Waals surface area contributed by atoms with Gasteiger partial charge >= 0.3 is 6.18 Å². The van der Waals surface area contributed by atoms with Crippen molar-refractivity contribution >= 4 is 5.78 Å². The Morgan fingerprint density at radius 2 is 1.88 bits per heavy atom. The van der Waals surface area contributed by atoms with E-state index < -0.39 is 23.3 Å². The van der Waals surface area contributed by atoms with Crippen molar-refractivity contribution in [3.63, 3.8) is 0 Å². The van der Waals surface area contributed by atoms with Gasteiger partial charge in [-0.3, -0.25) is 4.79 Å². The molecule has 0 bridgehead atoms. The van der Waals surface area contributed by atoms with E-state index in [1.54, 1.807) is 0 Å². The molecule has 2 nitrogen and oxygen atoms in total. The number of Topliss-reactive ketones (excluding diaryl/α,β-unsaturated/α-hetero) is 1. The molecule has 0 heterocycles. The van der Waals surface area contributed by atoms with Crippen molar-refractivity contribution in [2.24, 2.45) is 0 Å². The Morgan fingerprint density at radius 3 is 2.31 bits per heavy atom. The molecule has 16 heavy (non-hydrogen) atoms. The number of rotatable bonds is 2. The number of carbonyl (C=O) groups is 1. The normalized spacial score (nSPS) is 11.4. The summed E-state index contributed by atoms with van der Waals surface area (Å²) in [5.74, 6) is -3.29. The summed E-state index contributed by atoms with van der Waals surface area (Å²) in [4.78, 5) is 10.9. The molecule has 1 aromatic rings. The fourth-order valence-electron chi connectivity index (χ4n) is 1.15. The van der Waals surface area contributed by atoms with Crippen LogP contribution in [0, 0.1) is 12.7 Å². The van der Waals surface area contributed by atoms with Crippen LogP contribution in [0.25, 0.3) is 0 Å². The van der Waals surface area contributed by atoms with Gasteiger partial charge in [-0.25, -0.2) is 4.39 Å². The first kappa shape index (κ1) is 12.5. The minimum Gasteiger partial charge on any atom is -0.496 e. The maximum atomic E-state index is 13.1. The second kappa shape index (κ2) is 4.11. The lowest BCUT2D eigenvalue weighted by atomic mass is 10.1. The minimum absolute atomic E-state index is 0.107. The SMILES string of the molecule is COc1cc(C)c(F)cc1C(=O)C(F)(F)F. The third-order valence-corrected chi connectivity index (χ3v) is 1.98. The molecule has 0 aliphatic heterocycles. The number of aryl methyl sites for hydroxylation is 1. The van der Waals surface area contributed by atoms with Crippen LogP contribution >= 0.6 is 0 Å². The van der Waals surface area contributed by atoms with Crippen molar-refractivity contribution in [3.05, 3.63) is 29.1 Å². The highest BCUT2D eigenvalue weighted by Gasteiger charge is 2.41.